The molecule has 0 atom stereocenters. The number of anilines is 1. The third-order valence-corrected chi connectivity index (χ3v) is 3.32. The number of aryl methyl sites for hydroxylation is 1. The molecule has 0 saturated heterocycles. The second-order valence-corrected chi connectivity index (χ2v) is 4.80. The molecule has 2 rings (SSSR count). The summed E-state index contributed by atoms with van der Waals surface area (Å²) in [5.74, 6) is 0.854. The van der Waals surface area contributed by atoms with E-state index in [1.807, 2.05) is 19.1 Å². The van der Waals surface area contributed by atoms with Crippen LogP contribution in [0.25, 0.3) is 0 Å². The lowest BCUT2D eigenvalue weighted by molar-refractivity contribution is 0.410. The van der Waals surface area contributed by atoms with Crippen molar-refractivity contribution in [2.24, 2.45) is 0 Å². The van der Waals surface area contributed by atoms with Gasteiger partial charge in [0.2, 0.25) is 0 Å². The number of ether oxygens (including phenoxy) is 1. The molecule has 0 fully saturated rings. The zero-order valence-electron chi connectivity index (χ0n) is 11.4. The van der Waals surface area contributed by atoms with Crippen molar-refractivity contribution in [3.05, 3.63) is 50.9 Å². The molecule has 5 nitrogen and oxygen atoms in total. The van der Waals surface area contributed by atoms with Crippen molar-refractivity contribution in [1.29, 1.82) is 0 Å². The molecule has 1 aromatic heterocycles. The maximum Gasteiger partial charge on any atom is 0.285 e. The largest absolute Gasteiger partial charge is 0.496 e. The predicted octanol–water partition coefficient (Wildman–Crippen LogP) is 2.39. The first-order valence-electron chi connectivity index (χ1n) is 6.22. The SMILES string of the molecule is COc1ccc(C)cc1CCNc1cn[nH]c(=O)c1Cl. The van der Waals surface area contributed by atoms with E-state index in [9.17, 15) is 4.79 Å². The van der Waals surface area contributed by atoms with Crippen LogP contribution < -0.4 is 15.6 Å². The highest BCUT2D eigenvalue weighted by Crippen LogP contribution is 2.21. The summed E-state index contributed by atoms with van der Waals surface area (Å²) < 4.78 is 5.32. The van der Waals surface area contributed by atoms with Crippen LogP contribution in [-0.4, -0.2) is 23.9 Å². The molecule has 1 heterocycles. The number of nitrogens with zero attached hydrogens (tertiary/aromatic N) is 1. The Kier molecular flexibility index (Phi) is 4.63. The monoisotopic (exact) mass is 293 g/mol. The van der Waals surface area contributed by atoms with Gasteiger partial charge in [-0.1, -0.05) is 29.3 Å². The number of aromatic amines is 1. The third kappa shape index (κ3) is 3.30. The molecule has 0 aliphatic rings. The number of rotatable bonds is 5. The van der Waals surface area contributed by atoms with Gasteiger partial charge in [0.25, 0.3) is 5.56 Å². The van der Waals surface area contributed by atoms with Crippen molar-refractivity contribution in [2.75, 3.05) is 19.0 Å². The van der Waals surface area contributed by atoms with E-state index in [0.29, 0.717) is 12.2 Å². The van der Waals surface area contributed by atoms with Gasteiger partial charge in [-0.15, -0.1) is 0 Å². The molecule has 2 N–H and O–H groups in total. The van der Waals surface area contributed by atoms with E-state index in [-0.39, 0.29) is 5.02 Å². The summed E-state index contributed by atoms with van der Waals surface area (Å²) in [4.78, 5) is 11.3. The van der Waals surface area contributed by atoms with Crippen LogP contribution in [0.5, 0.6) is 5.75 Å². The molecule has 0 aliphatic carbocycles. The number of methoxy groups -OCH3 is 1. The van der Waals surface area contributed by atoms with Crippen LogP contribution in [0.15, 0.2) is 29.2 Å². The van der Waals surface area contributed by atoms with E-state index in [1.165, 1.54) is 11.8 Å². The second-order valence-electron chi connectivity index (χ2n) is 4.42. The van der Waals surface area contributed by atoms with Gasteiger partial charge < -0.3 is 10.1 Å². The quantitative estimate of drug-likeness (QED) is 0.888. The minimum absolute atomic E-state index is 0.121. The maximum absolute atomic E-state index is 11.3. The van der Waals surface area contributed by atoms with Crippen molar-refractivity contribution in [3.8, 4) is 5.75 Å². The molecular weight excluding hydrogens is 278 g/mol. The van der Waals surface area contributed by atoms with Gasteiger partial charge in [-0.05, 0) is 25.0 Å². The molecule has 0 aliphatic heterocycles. The Morgan fingerprint density at radius 1 is 1.45 bits per heavy atom. The topological polar surface area (TPSA) is 67.0 Å². The summed E-state index contributed by atoms with van der Waals surface area (Å²) in [5, 5.41) is 9.21. The maximum atomic E-state index is 11.3. The minimum Gasteiger partial charge on any atom is -0.496 e. The van der Waals surface area contributed by atoms with Crippen LogP contribution >= 0.6 is 11.6 Å². The van der Waals surface area contributed by atoms with Gasteiger partial charge in [0.1, 0.15) is 10.8 Å². The lowest BCUT2D eigenvalue weighted by Crippen LogP contribution is -2.13. The fourth-order valence-corrected chi connectivity index (χ4v) is 2.10. The molecular formula is C14H16ClN3O2. The number of H-pyrrole nitrogens is 1. The van der Waals surface area contributed by atoms with Crippen molar-refractivity contribution < 1.29 is 4.74 Å². The molecule has 106 valence electrons. The number of hydrogen-bond donors (Lipinski definition) is 2. The van der Waals surface area contributed by atoms with E-state index >= 15 is 0 Å². The lowest BCUT2D eigenvalue weighted by atomic mass is 10.1. The molecule has 2 aromatic rings. The normalized spacial score (nSPS) is 10.3. The van der Waals surface area contributed by atoms with Crippen molar-refractivity contribution in [3.63, 3.8) is 0 Å². The molecule has 0 unspecified atom stereocenters. The number of benzene rings is 1. The third-order valence-electron chi connectivity index (χ3n) is 2.94. The van der Waals surface area contributed by atoms with E-state index in [4.69, 9.17) is 16.3 Å². The zero-order valence-corrected chi connectivity index (χ0v) is 12.1. The number of hydrogen-bond acceptors (Lipinski definition) is 4. The lowest BCUT2D eigenvalue weighted by Gasteiger charge is -2.11. The average Bonchev–Trinajstić information content (AvgIpc) is 2.44. The van der Waals surface area contributed by atoms with Gasteiger partial charge >= 0.3 is 0 Å². The van der Waals surface area contributed by atoms with Gasteiger partial charge in [0.05, 0.1) is 19.0 Å². The van der Waals surface area contributed by atoms with Gasteiger partial charge in [-0.3, -0.25) is 4.79 Å². The van der Waals surface area contributed by atoms with Crippen LogP contribution in [0, 0.1) is 6.92 Å². The Bertz CT molecular complexity index is 655. The highest BCUT2D eigenvalue weighted by molar-refractivity contribution is 6.32. The summed E-state index contributed by atoms with van der Waals surface area (Å²) in [6.45, 7) is 2.67. The molecule has 0 bridgehead atoms. The van der Waals surface area contributed by atoms with Crippen molar-refractivity contribution in [2.45, 2.75) is 13.3 Å². The summed E-state index contributed by atoms with van der Waals surface area (Å²) in [7, 11) is 1.65. The van der Waals surface area contributed by atoms with Crippen molar-refractivity contribution in [1.82, 2.24) is 10.2 Å². The van der Waals surface area contributed by atoms with Crippen LogP contribution in [0.4, 0.5) is 5.69 Å². The molecule has 1 aromatic carbocycles. The van der Waals surface area contributed by atoms with E-state index in [2.05, 4.69) is 21.6 Å². The van der Waals surface area contributed by atoms with Crippen LogP contribution in [0.2, 0.25) is 5.02 Å². The fraction of sp³-hybridized carbons (Fsp3) is 0.286. The highest BCUT2D eigenvalue weighted by Gasteiger charge is 2.06. The minimum atomic E-state index is -0.398. The molecule has 0 radical (unpaired) electrons. The fourth-order valence-electron chi connectivity index (χ4n) is 1.94. The summed E-state index contributed by atoms with van der Waals surface area (Å²) >= 11 is 5.89. The molecule has 0 amide bonds. The smallest absolute Gasteiger partial charge is 0.285 e. The summed E-state index contributed by atoms with van der Waals surface area (Å²) in [6, 6.07) is 6.04. The van der Waals surface area contributed by atoms with Crippen molar-refractivity contribution >= 4 is 17.3 Å². The Labute approximate surface area is 121 Å². The van der Waals surface area contributed by atoms with Crippen LogP contribution in [0.3, 0.4) is 0 Å². The Balaban J connectivity index is 2.04. The predicted molar refractivity (Wildman–Crippen MR) is 79.8 cm³/mol. The van der Waals surface area contributed by atoms with E-state index in [1.54, 1.807) is 7.11 Å². The first-order valence-corrected chi connectivity index (χ1v) is 6.60. The van der Waals surface area contributed by atoms with Crippen LogP contribution in [0.1, 0.15) is 11.1 Å². The van der Waals surface area contributed by atoms with Gasteiger partial charge in [-0.25, -0.2) is 5.10 Å². The van der Waals surface area contributed by atoms with Gasteiger partial charge in [0, 0.05) is 6.54 Å². The first kappa shape index (κ1) is 14.4. The molecule has 0 saturated carbocycles. The van der Waals surface area contributed by atoms with Gasteiger partial charge in [0.15, 0.2) is 0 Å². The molecule has 20 heavy (non-hydrogen) atoms. The number of nitrogens with one attached hydrogen (secondary N) is 2. The summed E-state index contributed by atoms with van der Waals surface area (Å²) in [5.41, 5.74) is 2.41. The Morgan fingerprint density at radius 2 is 2.25 bits per heavy atom. The molecule has 6 heteroatoms. The first-order chi connectivity index (χ1) is 9.61. The molecule has 0 spiro atoms. The highest BCUT2D eigenvalue weighted by atomic mass is 35.5. The number of halogens is 1. The zero-order chi connectivity index (χ0) is 14.5. The Morgan fingerprint density at radius 3 is 3.00 bits per heavy atom. The average molecular weight is 294 g/mol. The van der Waals surface area contributed by atoms with E-state index < -0.39 is 5.56 Å². The van der Waals surface area contributed by atoms with Crippen LogP contribution in [-0.2, 0) is 6.42 Å². The Hall–Kier alpha value is -2.01. The second kappa shape index (κ2) is 6.43. The van der Waals surface area contributed by atoms with Gasteiger partial charge in [-0.2, -0.15) is 5.10 Å². The standard InChI is InChI=1S/C14H16ClN3O2/c1-9-3-4-12(20-2)10(7-9)5-6-16-11-8-17-18-14(19)13(11)15/h3-4,7-8H,5-6H2,1-2H3,(H2,16,18,19). The number of aromatic nitrogens is 2. The summed E-state index contributed by atoms with van der Waals surface area (Å²) in [6.07, 6.45) is 2.26. The van der Waals surface area contributed by atoms with E-state index in [0.717, 1.165) is 17.7 Å².